The van der Waals surface area contributed by atoms with Gasteiger partial charge in [-0.15, -0.1) is 0 Å². The van der Waals surface area contributed by atoms with E-state index in [1.165, 1.54) is 0 Å². The number of carbonyl (C=O) groups excluding carboxylic acids is 1. The molecule has 1 fully saturated rings. The van der Waals surface area contributed by atoms with Crippen molar-refractivity contribution in [1.29, 1.82) is 0 Å². The van der Waals surface area contributed by atoms with Gasteiger partial charge in [-0.1, -0.05) is 0 Å². The van der Waals surface area contributed by atoms with E-state index in [1.54, 1.807) is 0 Å². The predicted octanol–water partition coefficient (Wildman–Crippen LogP) is 2.89. The van der Waals surface area contributed by atoms with Crippen molar-refractivity contribution in [1.82, 2.24) is 0 Å². The number of hydrogen-bond acceptors (Lipinski definition) is 2. The van der Waals surface area contributed by atoms with Gasteiger partial charge in [0.25, 0.3) is 0 Å². The Labute approximate surface area is 88.9 Å². The van der Waals surface area contributed by atoms with Gasteiger partial charge in [-0.25, -0.2) is 4.39 Å². The van der Waals surface area contributed by atoms with Crippen LogP contribution in [0.1, 0.15) is 23.2 Å². The molecule has 0 atom stereocenters. The third-order valence-corrected chi connectivity index (χ3v) is 2.85. The molecule has 1 N–H and O–H groups in total. The second-order valence-corrected chi connectivity index (χ2v) is 4.28. The van der Waals surface area contributed by atoms with E-state index in [0.29, 0.717) is 0 Å². The second kappa shape index (κ2) is 3.35. The van der Waals surface area contributed by atoms with Crippen LogP contribution in [0.4, 0.5) is 4.39 Å². The van der Waals surface area contributed by atoms with Gasteiger partial charge >= 0.3 is 0 Å². The zero-order valence-electron chi connectivity index (χ0n) is 7.26. The summed E-state index contributed by atoms with van der Waals surface area (Å²) < 4.78 is 13.2. The highest BCUT2D eigenvalue weighted by molar-refractivity contribution is 9.10. The van der Waals surface area contributed by atoms with E-state index in [9.17, 15) is 14.3 Å². The van der Waals surface area contributed by atoms with Crippen molar-refractivity contribution in [2.75, 3.05) is 0 Å². The Balaban J connectivity index is 2.45. The number of phenolic OH excluding ortho intramolecular Hbond substituents is 1. The fourth-order valence-electron chi connectivity index (χ4n) is 1.32. The molecule has 1 aromatic carbocycles. The number of carbonyl (C=O) groups is 1. The predicted molar refractivity (Wildman–Crippen MR) is 52.8 cm³/mol. The van der Waals surface area contributed by atoms with Crippen molar-refractivity contribution in [3.8, 4) is 5.75 Å². The summed E-state index contributed by atoms with van der Waals surface area (Å²) in [6.45, 7) is 0. The summed E-state index contributed by atoms with van der Waals surface area (Å²) in [4.78, 5) is 11.6. The Hall–Kier alpha value is -0.900. The minimum Gasteiger partial charge on any atom is -0.506 e. The van der Waals surface area contributed by atoms with Crippen LogP contribution in [0, 0.1) is 11.7 Å². The molecule has 2 rings (SSSR count). The van der Waals surface area contributed by atoms with Crippen LogP contribution in [-0.4, -0.2) is 10.9 Å². The third kappa shape index (κ3) is 1.66. The number of ketones is 1. The van der Waals surface area contributed by atoms with Crippen molar-refractivity contribution in [3.63, 3.8) is 0 Å². The van der Waals surface area contributed by atoms with Crippen molar-refractivity contribution < 1.29 is 14.3 Å². The number of Topliss-reactive ketones (excluding diaryl/α,β-unsaturated/α-hetero) is 1. The van der Waals surface area contributed by atoms with Gasteiger partial charge in [0.2, 0.25) is 0 Å². The Morgan fingerprint density at radius 2 is 2.14 bits per heavy atom. The lowest BCUT2D eigenvalue weighted by atomic mass is 10.1. The maximum absolute atomic E-state index is 13.0. The van der Waals surface area contributed by atoms with Gasteiger partial charge < -0.3 is 5.11 Å². The molecule has 14 heavy (non-hydrogen) atoms. The van der Waals surface area contributed by atoms with Crippen molar-refractivity contribution in [3.05, 3.63) is 28.0 Å². The molecule has 1 aliphatic rings. The quantitative estimate of drug-likeness (QED) is 0.829. The van der Waals surface area contributed by atoms with E-state index in [0.717, 1.165) is 25.0 Å². The maximum atomic E-state index is 13.0. The van der Waals surface area contributed by atoms with E-state index in [2.05, 4.69) is 15.9 Å². The summed E-state index contributed by atoms with van der Waals surface area (Å²) in [5.41, 5.74) is 0.0828. The first-order chi connectivity index (χ1) is 6.59. The smallest absolute Gasteiger partial charge is 0.169 e. The number of benzene rings is 1. The van der Waals surface area contributed by atoms with Crippen LogP contribution >= 0.6 is 15.9 Å². The van der Waals surface area contributed by atoms with Crippen molar-refractivity contribution in [2.45, 2.75) is 12.8 Å². The minimum atomic E-state index is -0.515. The Morgan fingerprint density at radius 3 is 2.71 bits per heavy atom. The van der Waals surface area contributed by atoms with Crippen LogP contribution in [0.25, 0.3) is 0 Å². The summed E-state index contributed by atoms with van der Waals surface area (Å²) >= 11 is 2.99. The highest BCUT2D eigenvalue weighted by Gasteiger charge is 2.32. The lowest BCUT2D eigenvalue weighted by Crippen LogP contribution is -2.02. The summed E-state index contributed by atoms with van der Waals surface area (Å²) in [5.74, 6) is -0.862. The molecule has 0 saturated heterocycles. The average molecular weight is 259 g/mol. The monoisotopic (exact) mass is 258 g/mol. The molecule has 0 heterocycles. The van der Waals surface area contributed by atoms with Crippen LogP contribution in [0.3, 0.4) is 0 Å². The van der Waals surface area contributed by atoms with E-state index in [4.69, 9.17) is 0 Å². The van der Waals surface area contributed by atoms with Gasteiger partial charge in [0.15, 0.2) is 5.78 Å². The fourth-order valence-corrected chi connectivity index (χ4v) is 1.75. The van der Waals surface area contributed by atoms with Crippen molar-refractivity contribution in [2.24, 2.45) is 5.92 Å². The largest absolute Gasteiger partial charge is 0.506 e. The molecule has 0 radical (unpaired) electrons. The standard InChI is InChI=1S/C10H8BrFO2/c11-8-4-6(12)3-7(10(8)14)9(13)5-1-2-5/h3-5,14H,1-2H2. The number of hydrogen-bond donors (Lipinski definition) is 1. The van der Waals surface area contributed by atoms with Crippen molar-refractivity contribution >= 4 is 21.7 Å². The van der Waals surface area contributed by atoms with Crippen LogP contribution < -0.4 is 0 Å². The first kappa shape index (κ1) is 9.65. The number of halogens is 2. The van der Waals surface area contributed by atoms with Gasteiger partial charge in [-0.3, -0.25) is 4.79 Å². The molecule has 0 aromatic heterocycles. The first-order valence-electron chi connectivity index (χ1n) is 4.32. The summed E-state index contributed by atoms with van der Waals surface area (Å²) in [5, 5.41) is 9.53. The zero-order valence-corrected chi connectivity index (χ0v) is 8.84. The average Bonchev–Trinajstić information content (AvgIpc) is 2.93. The highest BCUT2D eigenvalue weighted by atomic mass is 79.9. The first-order valence-corrected chi connectivity index (χ1v) is 5.11. The Kier molecular flexibility index (Phi) is 2.31. The second-order valence-electron chi connectivity index (χ2n) is 3.42. The molecule has 0 amide bonds. The number of phenols is 1. The molecular weight excluding hydrogens is 251 g/mol. The van der Waals surface area contributed by atoms with Crippen LogP contribution in [-0.2, 0) is 0 Å². The number of aromatic hydroxyl groups is 1. The van der Waals surface area contributed by atoms with Crippen LogP contribution in [0.15, 0.2) is 16.6 Å². The molecule has 0 aliphatic heterocycles. The van der Waals surface area contributed by atoms with Gasteiger partial charge in [0, 0.05) is 5.92 Å². The third-order valence-electron chi connectivity index (χ3n) is 2.24. The minimum absolute atomic E-state index is 0.0189. The van der Waals surface area contributed by atoms with E-state index in [-0.39, 0.29) is 27.5 Å². The highest BCUT2D eigenvalue weighted by Crippen LogP contribution is 2.37. The SMILES string of the molecule is O=C(c1cc(F)cc(Br)c1O)C1CC1. The maximum Gasteiger partial charge on any atom is 0.169 e. The Bertz CT molecular complexity index is 399. The van der Waals surface area contributed by atoms with Gasteiger partial charge in [-0.2, -0.15) is 0 Å². The van der Waals surface area contributed by atoms with Gasteiger partial charge in [0.1, 0.15) is 11.6 Å². The molecule has 1 aliphatic carbocycles. The molecule has 4 heteroatoms. The van der Waals surface area contributed by atoms with E-state index < -0.39 is 5.82 Å². The summed E-state index contributed by atoms with van der Waals surface area (Å²) in [6, 6.07) is 2.22. The number of rotatable bonds is 2. The van der Waals surface area contributed by atoms with Crippen LogP contribution in [0.2, 0.25) is 0 Å². The molecule has 1 aromatic rings. The lowest BCUT2D eigenvalue weighted by Gasteiger charge is -2.04. The normalized spacial score (nSPS) is 15.6. The molecule has 74 valence electrons. The molecular formula is C10H8BrFO2. The molecule has 0 bridgehead atoms. The molecule has 0 unspecified atom stereocenters. The molecule has 0 spiro atoms. The topological polar surface area (TPSA) is 37.3 Å². The zero-order chi connectivity index (χ0) is 10.3. The van der Waals surface area contributed by atoms with Gasteiger partial charge in [0.05, 0.1) is 10.0 Å². The summed E-state index contributed by atoms with van der Waals surface area (Å²) in [7, 11) is 0. The van der Waals surface area contributed by atoms with E-state index >= 15 is 0 Å². The lowest BCUT2D eigenvalue weighted by molar-refractivity contribution is 0.0964. The fraction of sp³-hybridized carbons (Fsp3) is 0.300. The molecule has 1 saturated carbocycles. The van der Waals surface area contributed by atoms with E-state index in [1.807, 2.05) is 0 Å². The summed E-state index contributed by atoms with van der Waals surface area (Å²) in [6.07, 6.45) is 1.68. The van der Waals surface area contributed by atoms with Gasteiger partial charge in [-0.05, 0) is 40.9 Å². The molecule has 2 nitrogen and oxygen atoms in total. The van der Waals surface area contributed by atoms with Crippen LogP contribution in [0.5, 0.6) is 5.75 Å². The Morgan fingerprint density at radius 1 is 1.50 bits per heavy atom.